The molecule has 2 rings (SSSR count). The van der Waals surface area contributed by atoms with E-state index in [0.29, 0.717) is 13.1 Å². The largest absolute Gasteiger partial charge is 0.389 e. The van der Waals surface area contributed by atoms with Crippen molar-refractivity contribution in [1.29, 1.82) is 0 Å². The van der Waals surface area contributed by atoms with E-state index in [1.807, 2.05) is 55.4 Å². The molecule has 0 aromatic rings. The van der Waals surface area contributed by atoms with Crippen LogP contribution in [0.25, 0.3) is 0 Å². The summed E-state index contributed by atoms with van der Waals surface area (Å²) in [7, 11) is 0. The fourth-order valence-electron chi connectivity index (χ4n) is 6.22. The van der Waals surface area contributed by atoms with Crippen molar-refractivity contribution in [2.75, 3.05) is 52.5 Å². The highest BCUT2D eigenvalue weighted by molar-refractivity contribution is 4.97. The van der Waals surface area contributed by atoms with Crippen molar-refractivity contribution in [3.8, 4) is 0 Å². The van der Waals surface area contributed by atoms with Crippen molar-refractivity contribution in [1.82, 2.24) is 26.1 Å². The summed E-state index contributed by atoms with van der Waals surface area (Å²) in [6.07, 6.45) is 1.72. The third kappa shape index (κ3) is 11.1. The lowest BCUT2D eigenvalue weighted by atomic mass is 9.80. The van der Waals surface area contributed by atoms with E-state index >= 15 is 0 Å². The van der Waals surface area contributed by atoms with Crippen LogP contribution >= 0.6 is 0 Å². The van der Waals surface area contributed by atoms with Crippen LogP contribution in [0.2, 0.25) is 0 Å². The molecule has 2 fully saturated rings. The van der Waals surface area contributed by atoms with Gasteiger partial charge in [0.2, 0.25) is 0 Å². The molecule has 0 spiro atoms. The van der Waals surface area contributed by atoms with Gasteiger partial charge in [0.1, 0.15) is 0 Å². The lowest BCUT2D eigenvalue weighted by molar-refractivity contribution is -0.262. The SMILES string of the molecule is CC1(C)CC(OCC(O)CNCCNCCNCC(O)COC2CC(C)(C)N(O)C(C)(C)C2)CC(C)(C)N1O. The number of ether oxygens (including phenoxy) is 2. The molecular weight excluding hydrogens is 502 g/mol. The zero-order valence-corrected chi connectivity index (χ0v) is 25.8. The second-order valence-electron chi connectivity index (χ2n) is 14.1. The summed E-state index contributed by atoms with van der Waals surface area (Å²) in [6.45, 7) is 20.5. The van der Waals surface area contributed by atoms with Gasteiger partial charge in [-0.25, -0.2) is 0 Å². The van der Waals surface area contributed by atoms with Gasteiger partial charge in [-0.1, -0.05) is 0 Å². The van der Waals surface area contributed by atoms with Crippen LogP contribution in [0.3, 0.4) is 0 Å². The Morgan fingerprint density at radius 1 is 0.590 bits per heavy atom. The lowest BCUT2D eigenvalue weighted by Crippen LogP contribution is -2.60. The molecule has 0 radical (unpaired) electrons. The molecule has 7 N–H and O–H groups in total. The van der Waals surface area contributed by atoms with Gasteiger partial charge in [0.15, 0.2) is 0 Å². The third-order valence-corrected chi connectivity index (χ3v) is 7.97. The quantitative estimate of drug-likeness (QED) is 0.137. The minimum absolute atomic E-state index is 0.00562. The molecule has 2 aliphatic heterocycles. The lowest BCUT2D eigenvalue weighted by Gasteiger charge is -2.51. The minimum Gasteiger partial charge on any atom is -0.389 e. The third-order valence-electron chi connectivity index (χ3n) is 7.97. The van der Waals surface area contributed by atoms with E-state index in [9.17, 15) is 20.6 Å². The second kappa shape index (κ2) is 14.6. The van der Waals surface area contributed by atoms with Gasteiger partial charge < -0.3 is 46.1 Å². The summed E-state index contributed by atoms with van der Waals surface area (Å²) in [6, 6.07) is 0. The van der Waals surface area contributed by atoms with E-state index in [1.54, 1.807) is 0 Å². The maximum absolute atomic E-state index is 10.4. The van der Waals surface area contributed by atoms with Crippen molar-refractivity contribution in [2.45, 2.75) is 128 Å². The molecule has 11 heteroatoms. The van der Waals surface area contributed by atoms with Crippen LogP contribution in [0.5, 0.6) is 0 Å². The van der Waals surface area contributed by atoms with Gasteiger partial charge in [0, 0.05) is 61.4 Å². The van der Waals surface area contributed by atoms with E-state index in [0.717, 1.165) is 51.9 Å². The van der Waals surface area contributed by atoms with Crippen LogP contribution in [-0.4, -0.2) is 130 Å². The zero-order valence-electron chi connectivity index (χ0n) is 25.8. The van der Waals surface area contributed by atoms with Crippen molar-refractivity contribution >= 4 is 0 Å². The van der Waals surface area contributed by atoms with Crippen molar-refractivity contribution in [2.24, 2.45) is 0 Å². The molecule has 0 aromatic carbocycles. The molecule has 0 saturated carbocycles. The van der Waals surface area contributed by atoms with E-state index < -0.39 is 12.2 Å². The fourth-order valence-corrected chi connectivity index (χ4v) is 6.22. The first-order valence-electron chi connectivity index (χ1n) is 14.7. The Hall–Kier alpha value is -0.440. The van der Waals surface area contributed by atoms with Gasteiger partial charge in [-0.2, -0.15) is 10.1 Å². The predicted octanol–water partition coefficient (Wildman–Crippen LogP) is 1.33. The van der Waals surface area contributed by atoms with Crippen LogP contribution in [0.1, 0.15) is 81.1 Å². The van der Waals surface area contributed by atoms with Crippen LogP contribution in [0, 0.1) is 0 Å². The first kappa shape index (κ1) is 34.8. The molecular formula is C28H59N5O6. The summed E-state index contributed by atoms with van der Waals surface area (Å²) in [5.41, 5.74) is -1.46. The first-order valence-corrected chi connectivity index (χ1v) is 14.7. The summed E-state index contributed by atoms with van der Waals surface area (Å²) < 4.78 is 12.0. The number of nitrogens with zero attached hydrogens (tertiary/aromatic N) is 2. The molecule has 0 aromatic heterocycles. The number of hydroxylamine groups is 4. The average molecular weight is 562 g/mol. The highest BCUT2D eigenvalue weighted by Gasteiger charge is 2.46. The predicted molar refractivity (Wildman–Crippen MR) is 152 cm³/mol. The number of hydrogen-bond donors (Lipinski definition) is 7. The Morgan fingerprint density at radius 2 is 0.872 bits per heavy atom. The maximum Gasteiger partial charge on any atom is 0.0897 e. The van der Waals surface area contributed by atoms with Gasteiger partial charge in [-0.3, -0.25) is 0 Å². The number of rotatable bonds is 16. The van der Waals surface area contributed by atoms with Gasteiger partial charge in [0.25, 0.3) is 0 Å². The fraction of sp³-hybridized carbons (Fsp3) is 1.00. The van der Waals surface area contributed by atoms with Crippen LogP contribution in [0.15, 0.2) is 0 Å². The Balaban J connectivity index is 1.46. The van der Waals surface area contributed by atoms with Gasteiger partial charge >= 0.3 is 0 Å². The summed E-state index contributed by atoms with van der Waals surface area (Å²) in [4.78, 5) is 0. The standard InChI is InChI=1S/C28H59N5O6/c1-25(2)13-23(14-26(3,4)32(25)36)38-19-21(34)17-30-11-9-29-10-12-31-18-22(35)20-39-24-15-27(5,6)33(37)28(7,8)16-24/h21-24,29-31,34-37H,9-20H2,1-8H3. The van der Waals surface area contributed by atoms with Crippen molar-refractivity contribution in [3.63, 3.8) is 0 Å². The normalized spacial score (nSPS) is 25.5. The Bertz CT molecular complexity index is 629. The van der Waals surface area contributed by atoms with E-state index in [2.05, 4.69) is 16.0 Å². The smallest absolute Gasteiger partial charge is 0.0897 e. The van der Waals surface area contributed by atoms with E-state index in [4.69, 9.17) is 9.47 Å². The van der Waals surface area contributed by atoms with E-state index in [1.165, 1.54) is 10.1 Å². The molecule has 0 amide bonds. The summed E-state index contributed by atoms with van der Waals surface area (Å²) in [5.74, 6) is 0. The highest BCUT2D eigenvalue weighted by Crippen LogP contribution is 2.39. The van der Waals surface area contributed by atoms with Crippen molar-refractivity contribution < 1.29 is 30.1 Å². The Kier molecular flexibility index (Phi) is 13.0. The Morgan fingerprint density at radius 3 is 1.18 bits per heavy atom. The average Bonchev–Trinajstić information content (AvgIpc) is 2.81. The maximum atomic E-state index is 10.4. The first-order chi connectivity index (χ1) is 18.0. The number of piperidine rings is 2. The second-order valence-corrected chi connectivity index (χ2v) is 14.1. The van der Waals surface area contributed by atoms with Gasteiger partial charge in [-0.05, 0) is 81.1 Å². The molecule has 0 aliphatic carbocycles. The number of nitrogens with one attached hydrogen (secondary N) is 3. The molecule has 2 unspecified atom stereocenters. The molecule has 39 heavy (non-hydrogen) atoms. The number of hydrogen-bond acceptors (Lipinski definition) is 11. The summed E-state index contributed by atoms with van der Waals surface area (Å²) >= 11 is 0. The molecule has 2 aliphatic rings. The van der Waals surface area contributed by atoms with E-state index in [-0.39, 0.29) is 47.6 Å². The molecule has 0 bridgehead atoms. The van der Waals surface area contributed by atoms with Crippen LogP contribution < -0.4 is 16.0 Å². The molecule has 232 valence electrons. The van der Waals surface area contributed by atoms with Crippen LogP contribution in [0.4, 0.5) is 0 Å². The summed E-state index contributed by atoms with van der Waals surface area (Å²) in [5, 5.41) is 54.1. The van der Waals surface area contributed by atoms with Crippen molar-refractivity contribution in [3.05, 3.63) is 0 Å². The molecule has 2 saturated heterocycles. The molecule has 11 nitrogen and oxygen atoms in total. The number of aliphatic hydroxyl groups is 2. The number of aliphatic hydroxyl groups excluding tert-OH is 2. The highest BCUT2D eigenvalue weighted by atomic mass is 16.5. The van der Waals surface area contributed by atoms with Crippen LogP contribution in [-0.2, 0) is 9.47 Å². The van der Waals surface area contributed by atoms with Gasteiger partial charge in [0.05, 0.1) is 37.6 Å². The monoisotopic (exact) mass is 561 g/mol. The molecule has 2 heterocycles. The Labute approximate surface area is 236 Å². The van der Waals surface area contributed by atoms with Gasteiger partial charge in [-0.15, -0.1) is 0 Å². The zero-order chi connectivity index (χ0) is 29.5. The topological polar surface area (TPSA) is 142 Å². The minimum atomic E-state index is -0.581. The molecule has 2 atom stereocenters.